The van der Waals surface area contributed by atoms with Crippen LogP contribution < -0.4 is 10.6 Å². The molecule has 2 aromatic rings. The van der Waals surface area contributed by atoms with E-state index < -0.39 is 5.91 Å². The van der Waals surface area contributed by atoms with Crippen LogP contribution in [0.5, 0.6) is 0 Å². The van der Waals surface area contributed by atoms with Gasteiger partial charge >= 0.3 is 0 Å². The highest BCUT2D eigenvalue weighted by Crippen LogP contribution is 2.24. The Morgan fingerprint density at radius 2 is 1.67 bits per heavy atom. The molecule has 0 aliphatic carbocycles. The quantitative estimate of drug-likeness (QED) is 0.812. The largest absolute Gasteiger partial charge is 0.368 e. The monoisotopic (exact) mass is 426 g/mol. The van der Waals surface area contributed by atoms with E-state index in [1.54, 1.807) is 17.0 Å². The van der Waals surface area contributed by atoms with Crippen molar-refractivity contribution in [2.24, 2.45) is 5.73 Å². The Bertz CT molecular complexity index is 905. The van der Waals surface area contributed by atoms with E-state index in [9.17, 15) is 14.4 Å². The van der Waals surface area contributed by atoms with Gasteiger partial charge in [0.05, 0.1) is 4.88 Å². The molecule has 4 rings (SSSR count). The van der Waals surface area contributed by atoms with E-state index in [1.165, 1.54) is 11.3 Å². The number of anilines is 1. The first kappa shape index (κ1) is 20.4. The summed E-state index contributed by atoms with van der Waals surface area (Å²) in [5.74, 6) is -0.411. The molecule has 2 aliphatic rings. The number of rotatable bonds is 4. The number of nitrogens with two attached hydrogens (primary N) is 1. The Kier molecular flexibility index (Phi) is 6.03. The van der Waals surface area contributed by atoms with E-state index in [-0.39, 0.29) is 17.9 Å². The van der Waals surface area contributed by atoms with Crippen LogP contribution in [0, 0.1) is 0 Å². The summed E-state index contributed by atoms with van der Waals surface area (Å²) in [4.78, 5) is 44.0. The van der Waals surface area contributed by atoms with E-state index in [0.717, 1.165) is 24.9 Å². The highest BCUT2D eigenvalue weighted by molar-refractivity contribution is 7.12. The predicted molar refractivity (Wildman–Crippen MR) is 117 cm³/mol. The lowest BCUT2D eigenvalue weighted by atomic mass is 10.00. The molecule has 2 saturated heterocycles. The van der Waals surface area contributed by atoms with Gasteiger partial charge < -0.3 is 20.4 Å². The molecule has 2 N–H and O–H groups in total. The van der Waals surface area contributed by atoms with Crippen LogP contribution in [0.3, 0.4) is 0 Å². The topological polar surface area (TPSA) is 87.0 Å². The lowest BCUT2D eigenvalue weighted by Gasteiger charge is -2.41. The Labute approximate surface area is 180 Å². The number of primary amides is 1. The van der Waals surface area contributed by atoms with Crippen molar-refractivity contribution in [1.82, 2.24) is 9.80 Å². The molecule has 1 aromatic carbocycles. The molecule has 7 nitrogen and oxygen atoms in total. The zero-order valence-electron chi connectivity index (χ0n) is 16.8. The second kappa shape index (κ2) is 8.87. The Balaban J connectivity index is 1.39. The molecule has 0 spiro atoms. The van der Waals surface area contributed by atoms with Crippen molar-refractivity contribution >= 4 is 34.7 Å². The molecule has 2 fully saturated rings. The molecular formula is C22H26N4O3S. The molecule has 0 bridgehead atoms. The van der Waals surface area contributed by atoms with Crippen LogP contribution in [-0.4, -0.2) is 66.3 Å². The SMILES string of the molecule is NC(=O)c1ccc(N2CCN(C(=O)C3CCCCN3C(=O)c3cccs3)CC2)cc1. The average Bonchev–Trinajstić information content (AvgIpc) is 3.33. The molecule has 1 unspecified atom stereocenters. The number of hydrogen-bond acceptors (Lipinski definition) is 5. The molecule has 1 aromatic heterocycles. The molecule has 0 saturated carbocycles. The minimum atomic E-state index is -0.439. The first-order valence-electron chi connectivity index (χ1n) is 10.3. The summed E-state index contributed by atoms with van der Waals surface area (Å²) < 4.78 is 0. The molecule has 3 heterocycles. The maximum atomic E-state index is 13.3. The van der Waals surface area contributed by atoms with E-state index >= 15 is 0 Å². The smallest absolute Gasteiger partial charge is 0.264 e. The maximum absolute atomic E-state index is 13.3. The van der Waals surface area contributed by atoms with Crippen molar-refractivity contribution in [1.29, 1.82) is 0 Å². The zero-order chi connectivity index (χ0) is 21.1. The standard InChI is InChI=1S/C22H26N4O3S/c23-20(27)16-6-8-17(9-7-16)24-11-13-25(14-12-24)21(28)18-4-1-2-10-26(18)22(29)19-5-3-15-30-19/h3,5-9,15,18H,1-2,4,10-14H2,(H2,23,27). The number of carbonyl (C=O) groups is 3. The number of hydrogen-bond donors (Lipinski definition) is 1. The lowest BCUT2D eigenvalue weighted by Crippen LogP contribution is -2.57. The summed E-state index contributed by atoms with van der Waals surface area (Å²) in [6.45, 7) is 3.31. The number of piperidine rings is 1. The third-order valence-electron chi connectivity index (χ3n) is 5.89. The zero-order valence-corrected chi connectivity index (χ0v) is 17.6. The van der Waals surface area contributed by atoms with Crippen LogP contribution >= 0.6 is 11.3 Å². The van der Waals surface area contributed by atoms with E-state index in [4.69, 9.17) is 5.73 Å². The molecule has 3 amide bonds. The van der Waals surface area contributed by atoms with Crippen LogP contribution in [0.4, 0.5) is 5.69 Å². The van der Waals surface area contributed by atoms with Gasteiger partial charge in [-0.3, -0.25) is 14.4 Å². The van der Waals surface area contributed by atoms with Crippen LogP contribution in [-0.2, 0) is 4.79 Å². The van der Waals surface area contributed by atoms with Gasteiger partial charge in [0.15, 0.2) is 0 Å². The lowest BCUT2D eigenvalue weighted by molar-refractivity contribution is -0.137. The van der Waals surface area contributed by atoms with E-state index in [2.05, 4.69) is 4.90 Å². The van der Waals surface area contributed by atoms with Gasteiger partial charge in [0.25, 0.3) is 5.91 Å². The van der Waals surface area contributed by atoms with Crippen LogP contribution in [0.1, 0.15) is 39.3 Å². The number of piperazine rings is 1. The summed E-state index contributed by atoms with van der Waals surface area (Å²) in [5, 5.41) is 1.89. The van der Waals surface area contributed by atoms with Gasteiger partial charge in [-0.2, -0.15) is 0 Å². The van der Waals surface area contributed by atoms with Crippen molar-refractivity contribution in [3.05, 3.63) is 52.2 Å². The maximum Gasteiger partial charge on any atom is 0.264 e. The van der Waals surface area contributed by atoms with Crippen molar-refractivity contribution in [2.75, 3.05) is 37.6 Å². The highest BCUT2D eigenvalue weighted by atomic mass is 32.1. The molecule has 30 heavy (non-hydrogen) atoms. The van der Waals surface area contributed by atoms with Crippen molar-refractivity contribution in [2.45, 2.75) is 25.3 Å². The number of nitrogens with zero attached hydrogens (tertiary/aromatic N) is 3. The molecular weight excluding hydrogens is 400 g/mol. The first-order chi connectivity index (χ1) is 14.5. The minimum Gasteiger partial charge on any atom is -0.368 e. The minimum absolute atomic E-state index is 0.0313. The van der Waals surface area contributed by atoms with Gasteiger partial charge in [0.1, 0.15) is 6.04 Å². The Hall–Kier alpha value is -2.87. The van der Waals surface area contributed by atoms with Crippen molar-refractivity contribution in [3.8, 4) is 0 Å². The van der Waals surface area contributed by atoms with E-state index in [1.807, 2.05) is 34.5 Å². The summed E-state index contributed by atoms with van der Waals surface area (Å²) >= 11 is 1.42. The molecule has 1 atom stereocenters. The molecule has 158 valence electrons. The second-order valence-electron chi connectivity index (χ2n) is 7.71. The summed E-state index contributed by atoms with van der Waals surface area (Å²) in [5.41, 5.74) is 6.80. The number of benzene rings is 1. The fourth-order valence-corrected chi connectivity index (χ4v) is 4.88. The van der Waals surface area contributed by atoms with Crippen molar-refractivity contribution < 1.29 is 14.4 Å². The van der Waals surface area contributed by atoms with Crippen LogP contribution in [0.15, 0.2) is 41.8 Å². The number of likely N-dealkylation sites (tertiary alicyclic amines) is 1. The molecule has 0 radical (unpaired) electrons. The highest BCUT2D eigenvalue weighted by Gasteiger charge is 2.36. The normalized spacial score (nSPS) is 19.6. The fourth-order valence-electron chi connectivity index (χ4n) is 4.21. The second-order valence-corrected chi connectivity index (χ2v) is 8.66. The number of carbonyl (C=O) groups excluding carboxylic acids is 3. The van der Waals surface area contributed by atoms with Gasteiger partial charge in [0, 0.05) is 44.0 Å². The molecule has 8 heteroatoms. The fraction of sp³-hybridized carbons (Fsp3) is 0.409. The van der Waals surface area contributed by atoms with Crippen molar-refractivity contribution in [3.63, 3.8) is 0 Å². The predicted octanol–water partition coefficient (Wildman–Crippen LogP) is 2.19. The van der Waals surface area contributed by atoms with Crippen LogP contribution in [0.2, 0.25) is 0 Å². The van der Waals surface area contributed by atoms with Gasteiger partial charge in [-0.15, -0.1) is 11.3 Å². The Morgan fingerprint density at radius 1 is 0.933 bits per heavy atom. The average molecular weight is 427 g/mol. The van der Waals surface area contributed by atoms with Gasteiger partial charge in [-0.05, 0) is 55.0 Å². The third-order valence-corrected chi connectivity index (χ3v) is 6.75. The van der Waals surface area contributed by atoms with Gasteiger partial charge in [0.2, 0.25) is 11.8 Å². The number of thiophene rings is 1. The third kappa shape index (κ3) is 4.18. The summed E-state index contributed by atoms with van der Waals surface area (Å²) in [6, 6.07) is 10.6. The first-order valence-corrected chi connectivity index (χ1v) is 11.2. The summed E-state index contributed by atoms with van der Waals surface area (Å²) in [7, 11) is 0. The number of amides is 3. The Morgan fingerprint density at radius 3 is 2.30 bits per heavy atom. The van der Waals surface area contributed by atoms with Crippen LogP contribution in [0.25, 0.3) is 0 Å². The van der Waals surface area contributed by atoms with Gasteiger partial charge in [-0.1, -0.05) is 6.07 Å². The summed E-state index contributed by atoms with van der Waals surface area (Å²) in [6.07, 6.45) is 2.64. The van der Waals surface area contributed by atoms with E-state index in [0.29, 0.717) is 43.2 Å². The van der Waals surface area contributed by atoms with Gasteiger partial charge in [-0.25, -0.2) is 0 Å². The molecule has 2 aliphatic heterocycles.